The van der Waals surface area contributed by atoms with E-state index in [-0.39, 0.29) is 58.5 Å². The molecular formula is C94H116Cl2F2N20O10S2. The number of aromatic nitrogens is 10. The highest BCUT2D eigenvalue weighted by molar-refractivity contribution is 7.14. The predicted octanol–water partition coefficient (Wildman–Crippen LogP) is 19.4. The van der Waals surface area contributed by atoms with Crippen molar-refractivity contribution in [3.05, 3.63) is 240 Å². The van der Waals surface area contributed by atoms with E-state index >= 15 is 8.78 Å². The number of aryl methyl sites for hydroxylation is 2. The van der Waals surface area contributed by atoms with Crippen LogP contribution in [0, 0.1) is 11.6 Å². The average Bonchev–Trinajstić information content (AvgIpc) is 1.63. The van der Waals surface area contributed by atoms with Gasteiger partial charge >= 0.3 is 35.8 Å². The highest BCUT2D eigenvalue weighted by Crippen LogP contribution is 2.36. The maximum atomic E-state index is 15.7. The molecule has 11 N–H and O–H groups in total. The van der Waals surface area contributed by atoms with Crippen LogP contribution in [0.4, 0.5) is 38.2 Å². The van der Waals surface area contributed by atoms with Crippen LogP contribution in [0.3, 0.4) is 0 Å². The minimum Gasteiger partial charge on any atom is -0.445 e. The fourth-order valence-corrected chi connectivity index (χ4v) is 15.5. The molecule has 0 bridgehead atoms. The summed E-state index contributed by atoms with van der Waals surface area (Å²) in [4.78, 5) is 116. The summed E-state index contributed by atoms with van der Waals surface area (Å²) >= 11 is 15.6. The van der Waals surface area contributed by atoms with Crippen molar-refractivity contribution in [3.63, 3.8) is 0 Å². The Morgan fingerprint density at radius 1 is 0.638 bits per heavy atom. The summed E-state index contributed by atoms with van der Waals surface area (Å²) in [6, 6.07) is 34.2. The Bertz CT molecular complexity index is 5890. The highest BCUT2D eigenvalue weighted by atomic mass is 35.5. The van der Waals surface area contributed by atoms with Crippen molar-refractivity contribution in [3.8, 4) is 33.9 Å². The zero-order valence-electron chi connectivity index (χ0n) is 75.5. The summed E-state index contributed by atoms with van der Waals surface area (Å²) in [5, 5.41) is 16.1. The number of nitrogens with zero attached hydrogens (tertiary/aromatic N) is 12. The number of nitrogens with two attached hydrogens (primary N) is 3. The second-order valence-corrected chi connectivity index (χ2v) is 36.9. The summed E-state index contributed by atoms with van der Waals surface area (Å²) in [6.07, 6.45) is 17.3. The Morgan fingerprint density at radius 2 is 1.20 bits per heavy atom. The van der Waals surface area contributed by atoms with Gasteiger partial charge in [0, 0.05) is 114 Å². The van der Waals surface area contributed by atoms with Crippen LogP contribution in [-0.4, -0.2) is 151 Å². The van der Waals surface area contributed by atoms with Crippen molar-refractivity contribution in [2.45, 2.75) is 208 Å². The van der Waals surface area contributed by atoms with Crippen LogP contribution < -0.4 is 49.4 Å². The van der Waals surface area contributed by atoms with Crippen molar-refractivity contribution in [2.75, 3.05) is 42.9 Å². The van der Waals surface area contributed by atoms with Gasteiger partial charge in [0.15, 0.2) is 27.9 Å². The number of rotatable bonds is 34. The Hall–Kier alpha value is -12.2. The Balaban J connectivity index is 0.000000243. The lowest BCUT2D eigenvalue weighted by atomic mass is 10.0. The number of carbonyl (C=O) groups is 4. The van der Waals surface area contributed by atoms with Gasteiger partial charge in [0.2, 0.25) is 0 Å². The van der Waals surface area contributed by atoms with E-state index in [1.165, 1.54) is 25.4 Å². The SMILES string of the molecule is CC(=NC(=O)OC(C)(C)C)n1ccnc1.CCCCN(C(=O)OC(C)(C)C)[C@@H](CCN(C(=O)OC(C)(C)C)c1nccs1)c1ccc(-n2cc3cc(-c4cc(CCC[C@H](C)NC(=O)OCc5ccccc5)cc(Cl)c4F)[nH]c3nc2=O)cc1.C[C@H](N)CCCc1cc(Cl)c(F)c(-c2cc3cn(-c4ccc([C@H](CCNc5nccs5)NCCCN=C(N)N)cc4)c(=O)nc3[nH]2)c1. The van der Waals surface area contributed by atoms with Crippen LogP contribution in [0.25, 0.3) is 56.0 Å². The van der Waals surface area contributed by atoms with Gasteiger partial charge in [-0.3, -0.25) is 23.6 Å². The first kappa shape index (κ1) is 99.9. The number of alkyl carbamates (subject to hydrolysis) is 1. The van der Waals surface area contributed by atoms with Gasteiger partial charge in [-0.25, -0.2) is 52.5 Å². The zero-order valence-corrected chi connectivity index (χ0v) is 78.7. The fourth-order valence-electron chi connectivity index (χ4n) is 13.8. The largest absolute Gasteiger partial charge is 0.445 e. The molecule has 0 fully saturated rings. The van der Waals surface area contributed by atoms with E-state index in [1.807, 2.05) is 114 Å². The normalized spacial score (nSPS) is 12.6. The molecule has 0 aliphatic rings. The van der Waals surface area contributed by atoms with E-state index in [1.54, 1.807) is 167 Å². The number of amides is 4. The molecule has 4 atom stereocenters. The number of ether oxygens (including phenoxy) is 4. The van der Waals surface area contributed by atoms with Crippen LogP contribution in [0.5, 0.6) is 0 Å². The molecule has 0 spiro atoms. The second kappa shape index (κ2) is 46.9. The van der Waals surface area contributed by atoms with Gasteiger partial charge in [0.05, 0.1) is 38.8 Å². The number of imidazole rings is 1. The molecule has 0 radical (unpaired) electrons. The van der Waals surface area contributed by atoms with Crippen molar-refractivity contribution in [1.82, 2.24) is 64.1 Å². The summed E-state index contributed by atoms with van der Waals surface area (Å²) in [6.45, 7) is 26.6. The first-order valence-corrected chi connectivity index (χ1v) is 45.6. The number of aromatic amines is 2. The van der Waals surface area contributed by atoms with Crippen molar-refractivity contribution >= 4 is 114 Å². The number of benzene rings is 5. The highest BCUT2D eigenvalue weighted by Gasteiger charge is 2.33. The number of thiazole rings is 2. The molecule has 7 aromatic heterocycles. The van der Waals surface area contributed by atoms with Crippen molar-refractivity contribution in [1.29, 1.82) is 0 Å². The molecule has 12 aromatic rings. The maximum absolute atomic E-state index is 15.7. The van der Waals surface area contributed by atoms with Gasteiger partial charge in [0.25, 0.3) is 0 Å². The molecule has 36 heteroatoms. The van der Waals surface area contributed by atoms with E-state index in [0.717, 1.165) is 84.6 Å². The number of nitrogens with one attached hydrogen (secondary N) is 5. The van der Waals surface area contributed by atoms with E-state index in [4.69, 9.17) is 59.4 Å². The minimum atomic E-state index is -0.759. The number of anilines is 2. The summed E-state index contributed by atoms with van der Waals surface area (Å²) in [5.74, 6) is -0.528. The second-order valence-electron chi connectivity index (χ2n) is 34.3. The lowest BCUT2D eigenvalue weighted by Gasteiger charge is -2.35. The van der Waals surface area contributed by atoms with Gasteiger partial charge in [-0.05, 0) is 242 Å². The number of H-pyrrole nitrogens is 2. The molecule has 30 nitrogen and oxygen atoms in total. The monoisotopic (exact) mass is 1860 g/mol. The summed E-state index contributed by atoms with van der Waals surface area (Å²) in [7, 11) is 0. The van der Waals surface area contributed by atoms with E-state index in [9.17, 15) is 28.8 Å². The third kappa shape index (κ3) is 30.5. The molecule has 0 aliphatic heterocycles. The standard InChI is InChI=1S/C51H61ClFN7O7S.C33H40ClFN10OS.C10H15N3O2/c1-9-10-25-58(48(63)66-50(3,4)5)42(23-26-59(46-54-24-27-68-46)49(64)67-51(6,7)8)36-19-21-38(22-20-36)60-31-37-30-41(56-44(37)57-45(60)61)39-28-35(29-40(52)43(39)53)18-14-15-33(2)55-47(62)65-32-34-16-12-11-13-17-34;1-20(36)4-2-5-21-16-25(29(35)26(34)17-21)28-18-23-19-45(33(46)44-30(23)43-28)24-8-6-22(7-9-24)27(39-11-3-12-40-31(37)38)10-13-41-32-42-14-15-47-32;1-8(13-6-5-11-7-13)12-9(14)15-10(2,3)4/h11-13,16-17,19-22,24,27-31,33,42H,9-10,14-15,18,23,25-26,32H2,1-8H3,(H,55,62)(H,56,57,61);6-9,14-20,27,39H,2-5,10-13,36H2,1H3,(H,41,42)(H4,37,38,40)(H,43,44,46);5-7H,1-4H3/t33-,42-;20-,27-;/m00./s1. The first-order chi connectivity index (χ1) is 61.8. The zero-order chi connectivity index (χ0) is 94.0. The van der Waals surface area contributed by atoms with Gasteiger partial charge in [-0.2, -0.15) is 15.0 Å². The van der Waals surface area contributed by atoms with Gasteiger partial charge < -0.3 is 67.0 Å². The quantitative estimate of drug-likeness (QED) is 0.00803. The smallest absolute Gasteiger partial charge is 0.435 e. The third-order valence-corrected chi connectivity index (χ3v) is 22.1. The molecule has 0 saturated carbocycles. The number of fused-ring (bicyclic) bond motifs is 2. The molecule has 4 amide bonds. The van der Waals surface area contributed by atoms with E-state index < -0.39 is 70.2 Å². The first-order valence-electron chi connectivity index (χ1n) is 43.1. The van der Waals surface area contributed by atoms with Crippen LogP contribution in [0.1, 0.15) is 188 Å². The Labute approximate surface area is 772 Å². The summed E-state index contributed by atoms with van der Waals surface area (Å²) < 4.78 is 57.5. The molecule has 12 rings (SSSR count). The van der Waals surface area contributed by atoms with Crippen molar-refractivity contribution < 1.29 is 46.9 Å². The number of aliphatic imine (C=N–C) groups is 2. The van der Waals surface area contributed by atoms with Gasteiger partial charge in [-0.15, -0.1) is 22.7 Å². The third-order valence-electron chi connectivity index (χ3n) is 20.0. The van der Waals surface area contributed by atoms with Crippen LogP contribution in [-0.2, 0) is 38.4 Å². The number of unbranched alkanes of at least 4 members (excludes halogenated alkanes) is 1. The molecule has 130 heavy (non-hydrogen) atoms. The molecule has 0 aliphatic carbocycles. The lowest BCUT2D eigenvalue weighted by molar-refractivity contribution is 0.0146. The van der Waals surface area contributed by atoms with Crippen molar-refractivity contribution in [2.24, 2.45) is 27.2 Å². The average molecular weight is 1860 g/mol. The van der Waals surface area contributed by atoms with Crippen LogP contribution in [0.2, 0.25) is 10.0 Å². The number of carbonyl (C=O) groups excluding carboxylic acids is 4. The molecule has 0 unspecified atom stereocenters. The number of hydrogen-bond donors (Lipinski definition) is 8. The van der Waals surface area contributed by atoms with E-state index in [0.29, 0.717) is 101 Å². The predicted molar refractivity (Wildman–Crippen MR) is 512 cm³/mol. The minimum absolute atomic E-state index is 0.0384. The fraction of sp³-hybridized carbons (Fsp3) is 0.394. The van der Waals surface area contributed by atoms with Crippen LogP contribution >= 0.6 is 45.9 Å². The van der Waals surface area contributed by atoms with Gasteiger partial charge in [-0.1, -0.05) is 91.1 Å². The lowest BCUT2D eigenvalue weighted by Crippen LogP contribution is -2.42. The molecule has 7 heterocycles. The molecular weight excluding hydrogens is 1740 g/mol. The topological polar surface area (TPSA) is 396 Å². The molecule has 5 aromatic carbocycles. The molecule has 0 saturated heterocycles. The number of hydrogen-bond acceptors (Lipinski definition) is 21. The Kier molecular flexibility index (Phi) is 36.0. The summed E-state index contributed by atoms with van der Waals surface area (Å²) in [5.41, 5.74) is 21.4. The Morgan fingerprint density at radius 3 is 1.72 bits per heavy atom. The van der Waals surface area contributed by atoms with Gasteiger partial charge in [0.1, 0.15) is 46.9 Å². The molecule has 692 valence electrons. The maximum Gasteiger partial charge on any atom is 0.435 e. The van der Waals surface area contributed by atoms with Crippen LogP contribution in [0.15, 0.2) is 189 Å². The van der Waals surface area contributed by atoms with E-state index in [2.05, 4.69) is 60.8 Å². The number of guanidine groups is 1. The number of halogens is 4.